The predicted octanol–water partition coefficient (Wildman–Crippen LogP) is 4.04. The highest BCUT2D eigenvalue weighted by Gasteiger charge is 2.10. The minimum Gasteiger partial charge on any atom is -0.308 e. The van der Waals surface area contributed by atoms with Gasteiger partial charge < -0.3 is 5.32 Å². The van der Waals surface area contributed by atoms with E-state index in [1.54, 1.807) is 18.3 Å². The molecule has 4 rings (SSSR count). The average Bonchev–Trinajstić information content (AvgIpc) is 3.20. The SMILES string of the molecule is CCc1ccc(NC(=O)Nc2nnc(SCc3cc(=O)n4ccccc4n3)s2)cc1. The van der Waals surface area contributed by atoms with Crippen LogP contribution >= 0.6 is 23.1 Å². The third-order valence-corrected chi connectivity index (χ3v) is 6.22. The van der Waals surface area contributed by atoms with Gasteiger partial charge in [0.15, 0.2) is 4.34 Å². The molecular formula is C20H18N6O2S2. The fourth-order valence-electron chi connectivity index (χ4n) is 2.71. The zero-order chi connectivity index (χ0) is 20.9. The van der Waals surface area contributed by atoms with E-state index in [-0.39, 0.29) is 11.6 Å². The van der Waals surface area contributed by atoms with Crippen LogP contribution in [0.3, 0.4) is 0 Å². The van der Waals surface area contributed by atoms with Crippen molar-refractivity contribution in [2.45, 2.75) is 23.4 Å². The minimum atomic E-state index is -0.379. The highest BCUT2D eigenvalue weighted by molar-refractivity contribution is 8.00. The van der Waals surface area contributed by atoms with Crippen LogP contribution < -0.4 is 16.2 Å². The predicted molar refractivity (Wildman–Crippen MR) is 119 cm³/mol. The molecule has 1 aromatic carbocycles. The monoisotopic (exact) mass is 438 g/mol. The molecule has 0 radical (unpaired) electrons. The van der Waals surface area contributed by atoms with Gasteiger partial charge in [-0.3, -0.25) is 14.5 Å². The smallest absolute Gasteiger partial charge is 0.308 e. The Balaban J connectivity index is 1.35. The second kappa shape index (κ2) is 9.06. The number of hydrogen-bond donors (Lipinski definition) is 2. The van der Waals surface area contributed by atoms with Gasteiger partial charge in [0, 0.05) is 23.7 Å². The van der Waals surface area contributed by atoms with Crippen LogP contribution in [0.2, 0.25) is 0 Å². The molecule has 0 bridgehead atoms. The largest absolute Gasteiger partial charge is 0.325 e. The number of nitrogens with one attached hydrogen (secondary N) is 2. The van der Waals surface area contributed by atoms with Crippen molar-refractivity contribution in [3.05, 3.63) is 76.3 Å². The summed E-state index contributed by atoms with van der Waals surface area (Å²) in [4.78, 5) is 28.8. The van der Waals surface area contributed by atoms with Gasteiger partial charge in [-0.2, -0.15) is 0 Å². The van der Waals surface area contributed by atoms with Crippen LogP contribution in [0.1, 0.15) is 18.2 Å². The van der Waals surface area contributed by atoms with Crippen LogP contribution in [-0.2, 0) is 12.2 Å². The van der Waals surface area contributed by atoms with Crippen molar-refractivity contribution in [1.29, 1.82) is 0 Å². The van der Waals surface area contributed by atoms with Gasteiger partial charge in [0.05, 0.1) is 5.69 Å². The van der Waals surface area contributed by atoms with Gasteiger partial charge in [0.2, 0.25) is 5.13 Å². The number of benzene rings is 1. The average molecular weight is 439 g/mol. The molecule has 2 amide bonds. The van der Waals surface area contributed by atoms with E-state index in [2.05, 4.69) is 32.7 Å². The van der Waals surface area contributed by atoms with Crippen molar-refractivity contribution in [1.82, 2.24) is 19.6 Å². The second-order valence-electron chi connectivity index (χ2n) is 6.31. The van der Waals surface area contributed by atoms with Crippen molar-refractivity contribution in [2.75, 3.05) is 10.6 Å². The number of amides is 2. The summed E-state index contributed by atoms with van der Waals surface area (Å²) in [5.41, 5.74) is 3.05. The Morgan fingerprint density at radius 3 is 2.77 bits per heavy atom. The van der Waals surface area contributed by atoms with Crippen LogP contribution in [0.5, 0.6) is 0 Å². The van der Waals surface area contributed by atoms with E-state index >= 15 is 0 Å². The lowest BCUT2D eigenvalue weighted by Gasteiger charge is -2.05. The summed E-state index contributed by atoms with van der Waals surface area (Å²) in [5, 5.41) is 13.9. The third-order valence-electron chi connectivity index (χ3n) is 4.21. The third kappa shape index (κ3) is 4.84. The first-order valence-corrected chi connectivity index (χ1v) is 11.0. The van der Waals surface area contributed by atoms with Gasteiger partial charge >= 0.3 is 6.03 Å². The van der Waals surface area contributed by atoms with Crippen LogP contribution in [0.25, 0.3) is 5.65 Å². The molecule has 3 aromatic heterocycles. The van der Waals surface area contributed by atoms with E-state index in [9.17, 15) is 9.59 Å². The fraction of sp³-hybridized carbons (Fsp3) is 0.150. The Hall–Kier alpha value is -3.24. The van der Waals surface area contributed by atoms with E-state index in [4.69, 9.17) is 0 Å². The molecule has 0 saturated heterocycles. The number of pyridine rings is 1. The molecule has 8 nitrogen and oxygen atoms in total. The van der Waals surface area contributed by atoms with Crippen molar-refractivity contribution < 1.29 is 4.79 Å². The lowest BCUT2D eigenvalue weighted by molar-refractivity contribution is 0.262. The number of anilines is 2. The highest BCUT2D eigenvalue weighted by Crippen LogP contribution is 2.27. The normalized spacial score (nSPS) is 10.8. The summed E-state index contributed by atoms with van der Waals surface area (Å²) in [6.45, 7) is 2.08. The first kappa shape index (κ1) is 20.0. The molecule has 30 heavy (non-hydrogen) atoms. The van der Waals surface area contributed by atoms with Crippen LogP contribution in [-0.4, -0.2) is 25.6 Å². The topological polar surface area (TPSA) is 101 Å². The summed E-state index contributed by atoms with van der Waals surface area (Å²) < 4.78 is 2.17. The van der Waals surface area contributed by atoms with Gasteiger partial charge in [0.1, 0.15) is 5.65 Å². The summed E-state index contributed by atoms with van der Waals surface area (Å²) in [6, 6.07) is 14.2. The number of aromatic nitrogens is 4. The lowest BCUT2D eigenvalue weighted by atomic mass is 10.1. The molecule has 0 fully saturated rings. The van der Waals surface area contributed by atoms with Crippen molar-refractivity contribution >= 4 is 45.6 Å². The maximum Gasteiger partial charge on any atom is 0.325 e. The van der Waals surface area contributed by atoms with Crippen molar-refractivity contribution in [3.63, 3.8) is 0 Å². The van der Waals surface area contributed by atoms with Gasteiger partial charge in [-0.15, -0.1) is 10.2 Å². The molecule has 0 aliphatic rings. The summed E-state index contributed by atoms with van der Waals surface area (Å²) >= 11 is 2.67. The van der Waals surface area contributed by atoms with E-state index in [0.717, 1.165) is 6.42 Å². The molecule has 152 valence electrons. The number of fused-ring (bicyclic) bond motifs is 1. The first-order chi connectivity index (χ1) is 14.6. The maximum atomic E-state index is 12.2. The van der Waals surface area contributed by atoms with E-state index in [1.165, 1.54) is 39.1 Å². The molecule has 0 spiro atoms. The number of nitrogens with zero attached hydrogens (tertiary/aromatic N) is 4. The maximum absolute atomic E-state index is 12.2. The van der Waals surface area contributed by atoms with Crippen molar-refractivity contribution in [3.8, 4) is 0 Å². The van der Waals surface area contributed by atoms with E-state index in [1.807, 2.05) is 30.3 Å². The van der Waals surface area contributed by atoms with E-state index < -0.39 is 0 Å². The quantitative estimate of drug-likeness (QED) is 0.348. The fourth-order valence-corrected chi connectivity index (χ4v) is 4.35. The van der Waals surface area contributed by atoms with Crippen LogP contribution in [0.4, 0.5) is 15.6 Å². The zero-order valence-corrected chi connectivity index (χ0v) is 17.7. The molecule has 0 aliphatic carbocycles. The standard InChI is InChI=1S/C20H18N6O2S2/c1-2-13-6-8-14(9-7-13)22-18(28)23-19-24-25-20(30-19)29-12-15-11-17(27)26-10-4-3-5-16(26)21-15/h3-11H,2,12H2,1H3,(H2,22,23,24,28). The van der Waals surface area contributed by atoms with Crippen LogP contribution in [0, 0.1) is 0 Å². The summed E-state index contributed by atoms with van der Waals surface area (Å²) in [7, 11) is 0. The number of rotatable bonds is 6. The summed E-state index contributed by atoms with van der Waals surface area (Å²) in [5.74, 6) is 0.477. The molecule has 0 atom stereocenters. The second-order valence-corrected chi connectivity index (χ2v) is 8.51. The van der Waals surface area contributed by atoms with Gasteiger partial charge in [-0.05, 0) is 36.2 Å². The minimum absolute atomic E-state index is 0.126. The number of urea groups is 1. The molecule has 4 aromatic rings. The summed E-state index contributed by atoms with van der Waals surface area (Å²) in [6.07, 6.45) is 2.63. The Bertz CT molecular complexity index is 1240. The lowest BCUT2D eigenvalue weighted by Crippen LogP contribution is -2.19. The Morgan fingerprint density at radius 1 is 1.13 bits per heavy atom. The molecule has 3 heterocycles. The Labute approximate surface area is 180 Å². The van der Waals surface area contributed by atoms with Gasteiger partial charge in [-0.25, -0.2) is 9.78 Å². The number of hydrogen-bond acceptors (Lipinski definition) is 7. The number of carbonyl (C=O) groups excluding carboxylic acids is 1. The molecule has 10 heteroatoms. The number of aryl methyl sites for hydroxylation is 1. The Kier molecular flexibility index (Phi) is 6.05. The molecule has 2 N–H and O–H groups in total. The zero-order valence-electron chi connectivity index (χ0n) is 16.0. The molecule has 0 saturated carbocycles. The molecular weight excluding hydrogens is 420 g/mol. The number of carbonyl (C=O) groups is 1. The highest BCUT2D eigenvalue weighted by atomic mass is 32.2. The molecule has 0 aliphatic heterocycles. The Morgan fingerprint density at radius 2 is 1.97 bits per heavy atom. The molecule has 0 unspecified atom stereocenters. The first-order valence-electron chi connectivity index (χ1n) is 9.21. The van der Waals surface area contributed by atoms with Gasteiger partial charge in [-0.1, -0.05) is 48.2 Å². The number of thioether (sulfide) groups is 1. The van der Waals surface area contributed by atoms with E-state index in [0.29, 0.717) is 32.3 Å². The van der Waals surface area contributed by atoms with Crippen LogP contribution in [0.15, 0.2) is 63.9 Å². The van der Waals surface area contributed by atoms with Crippen molar-refractivity contribution in [2.24, 2.45) is 0 Å². The van der Waals surface area contributed by atoms with Gasteiger partial charge in [0.25, 0.3) is 5.56 Å².